The SMILES string of the molecule is CC(C)(C)NC(=O)C1CCC2C3CC[C@H]4N(C(=O)c5ccc([N+](=O)[O-])cc5)C(=O)C=C[C@]4(C)C3CC[C@]12C. The Bertz CT molecular complexity index is 1200. The Morgan fingerprint density at radius 2 is 1.71 bits per heavy atom. The van der Waals surface area contributed by atoms with Gasteiger partial charge in [0.1, 0.15) is 0 Å². The van der Waals surface area contributed by atoms with Crippen LogP contribution in [0.5, 0.6) is 0 Å². The van der Waals surface area contributed by atoms with E-state index in [-0.39, 0.29) is 51.4 Å². The Balaban J connectivity index is 1.40. The number of carbonyl (C=O) groups excluding carboxylic acids is 3. The van der Waals surface area contributed by atoms with Gasteiger partial charge in [-0.25, -0.2) is 0 Å². The Hall–Kier alpha value is -3.03. The Morgan fingerprint density at radius 1 is 1.03 bits per heavy atom. The van der Waals surface area contributed by atoms with Gasteiger partial charge in [-0.15, -0.1) is 0 Å². The zero-order chi connectivity index (χ0) is 27.6. The van der Waals surface area contributed by atoms with Crippen LogP contribution in [0.3, 0.4) is 0 Å². The van der Waals surface area contributed by atoms with Crippen molar-refractivity contribution in [3.63, 3.8) is 0 Å². The highest BCUT2D eigenvalue weighted by Crippen LogP contribution is 2.65. The van der Waals surface area contributed by atoms with Gasteiger partial charge in [0.15, 0.2) is 0 Å². The molecule has 1 N–H and O–H groups in total. The Morgan fingerprint density at radius 3 is 2.34 bits per heavy atom. The van der Waals surface area contributed by atoms with E-state index in [0.717, 1.165) is 38.5 Å². The fourth-order valence-electron chi connectivity index (χ4n) is 8.49. The third-order valence-corrected chi connectivity index (χ3v) is 10.2. The van der Waals surface area contributed by atoms with Gasteiger partial charge in [-0.1, -0.05) is 19.9 Å². The summed E-state index contributed by atoms with van der Waals surface area (Å²) in [7, 11) is 0. The topological polar surface area (TPSA) is 110 Å². The highest BCUT2D eigenvalue weighted by molar-refractivity contribution is 6.09. The van der Waals surface area contributed by atoms with Gasteiger partial charge in [0, 0.05) is 46.7 Å². The lowest BCUT2D eigenvalue weighted by atomic mass is 9.47. The van der Waals surface area contributed by atoms with Gasteiger partial charge in [0.05, 0.1) is 4.92 Å². The highest BCUT2D eigenvalue weighted by atomic mass is 16.6. The lowest BCUT2D eigenvalue weighted by molar-refractivity contribution is -0.384. The number of nitrogens with one attached hydrogen (secondary N) is 1. The second-order valence-corrected chi connectivity index (χ2v) is 13.4. The van der Waals surface area contributed by atoms with Crippen molar-refractivity contribution in [3.05, 3.63) is 52.1 Å². The van der Waals surface area contributed by atoms with Gasteiger partial charge in [0.25, 0.3) is 17.5 Å². The van der Waals surface area contributed by atoms with Crippen molar-refractivity contribution in [1.82, 2.24) is 10.2 Å². The molecule has 3 saturated carbocycles. The van der Waals surface area contributed by atoms with Crippen molar-refractivity contribution < 1.29 is 19.3 Å². The number of nitrogens with zero attached hydrogens (tertiary/aromatic N) is 2. The quantitative estimate of drug-likeness (QED) is 0.331. The molecule has 1 heterocycles. The molecule has 0 spiro atoms. The maximum absolute atomic E-state index is 13.6. The number of hydrogen-bond acceptors (Lipinski definition) is 5. The molecule has 0 saturated heterocycles. The molecule has 5 rings (SSSR count). The predicted octanol–water partition coefficient (Wildman–Crippen LogP) is 5.28. The number of amides is 3. The largest absolute Gasteiger partial charge is 0.351 e. The molecule has 4 aliphatic rings. The minimum Gasteiger partial charge on any atom is -0.351 e. The summed E-state index contributed by atoms with van der Waals surface area (Å²) in [5.74, 6) is 0.668. The summed E-state index contributed by atoms with van der Waals surface area (Å²) in [5, 5.41) is 14.3. The van der Waals surface area contributed by atoms with E-state index < -0.39 is 10.8 Å². The molecular weight excluding hydrogens is 482 g/mol. The molecule has 1 aromatic rings. The third-order valence-electron chi connectivity index (χ3n) is 10.2. The molecule has 0 aromatic heterocycles. The summed E-state index contributed by atoms with van der Waals surface area (Å²) < 4.78 is 0. The Labute approximate surface area is 224 Å². The van der Waals surface area contributed by atoms with Gasteiger partial charge in [0.2, 0.25) is 5.91 Å². The molecule has 3 fully saturated rings. The first-order valence-electron chi connectivity index (χ1n) is 13.9. The number of nitro benzene ring substituents is 1. The monoisotopic (exact) mass is 521 g/mol. The van der Waals surface area contributed by atoms with Crippen LogP contribution >= 0.6 is 0 Å². The fourth-order valence-corrected chi connectivity index (χ4v) is 8.49. The zero-order valence-electron chi connectivity index (χ0n) is 23.0. The van der Waals surface area contributed by atoms with Crippen molar-refractivity contribution in [3.8, 4) is 0 Å². The van der Waals surface area contributed by atoms with Crippen LogP contribution in [0.1, 0.15) is 83.5 Å². The van der Waals surface area contributed by atoms with E-state index in [1.165, 1.54) is 29.2 Å². The van der Waals surface area contributed by atoms with Gasteiger partial charge < -0.3 is 5.32 Å². The van der Waals surface area contributed by atoms with Crippen LogP contribution in [0.2, 0.25) is 0 Å². The van der Waals surface area contributed by atoms with Crippen molar-refractivity contribution in [2.24, 2.45) is 34.5 Å². The van der Waals surface area contributed by atoms with E-state index in [4.69, 9.17) is 0 Å². The van der Waals surface area contributed by atoms with Gasteiger partial charge in [-0.05, 0) is 94.6 Å². The first-order valence-corrected chi connectivity index (χ1v) is 13.9. The number of non-ortho nitro benzene ring substituents is 1. The van der Waals surface area contributed by atoms with Crippen molar-refractivity contribution in [2.45, 2.75) is 84.7 Å². The fraction of sp³-hybridized carbons (Fsp3) is 0.633. The number of benzene rings is 1. The maximum atomic E-state index is 13.6. The molecule has 7 atom stereocenters. The van der Waals surface area contributed by atoms with Crippen LogP contribution in [-0.4, -0.2) is 39.1 Å². The minimum absolute atomic E-state index is 0.0156. The number of fused-ring (bicyclic) bond motifs is 5. The number of carbonyl (C=O) groups is 3. The van der Waals surface area contributed by atoms with Crippen molar-refractivity contribution in [1.29, 1.82) is 0 Å². The average Bonchev–Trinajstić information content (AvgIpc) is 3.20. The number of imide groups is 1. The van der Waals surface area contributed by atoms with Crippen LogP contribution in [0, 0.1) is 44.6 Å². The summed E-state index contributed by atoms with van der Waals surface area (Å²) >= 11 is 0. The average molecular weight is 522 g/mol. The van der Waals surface area contributed by atoms with Gasteiger partial charge >= 0.3 is 0 Å². The number of rotatable bonds is 3. The Kier molecular flexibility index (Phi) is 6.31. The maximum Gasteiger partial charge on any atom is 0.269 e. The van der Waals surface area contributed by atoms with E-state index >= 15 is 0 Å². The lowest BCUT2D eigenvalue weighted by Gasteiger charge is -2.60. The molecule has 1 aromatic carbocycles. The first kappa shape index (κ1) is 26.6. The van der Waals surface area contributed by atoms with Crippen LogP contribution in [-0.2, 0) is 9.59 Å². The molecule has 1 aliphatic heterocycles. The summed E-state index contributed by atoms with van der Waals surface area (Å²) in [6.45, 7) is 10.6. The van der Waals surface area contributed by atoms with E-state index in [1.54, 1.807) is 6.08 Å². The van der Waals surface area contributed by atoms with E-state index in [0.29, 0.717) is 17.8 Å². The normalized spacial score (nSPS) is 36.2. The highest BCUT2D eigenvalue weighted by Gasteiger charge is 2.62. The predicted molar refractivity (Wildman–Crippen MR) is 143 cm³/mol. The van der Waals surface area contributed by atoms with Crippen molar-refractivity contribution in [2.75, 3.05) is 0 Å². The standard InChI is InChI=1S/C30H39N3O5/c1-28(2,3)31-26(35)23-12-11-21-20-10-13-24-30(5,22(20)14-16-29(21,23)4)17-15-25(34)32(24)27(36)18-6-8-19(9-7-18)33(37)38/h6-9,15,17,20-24H,10-14,16H2,1-5H3,(H,31,35)/t20?,21?,22?,23?,24-,29+,30-/m1/s1. The molecule has 0 radical (unpaired) electrons. The molecule has 4 unspecified atom stereocenters. The first-order chi connectivity index (χ1) is 17.8. The van der Waals surface area contributed by atoms with Crippen LogP contribution in [0.4, 0.5) is 5.69 Å². The van der Waals surface area contributed by atoms with Crippen LogP contribution in [0.15, 0.2) is 36.4 Å². The van der Waals surface area contributed by atoms with Gasteiger partial charge in [-0.2, -0.15) is 0 Å². The lowest BCUT2D eigenvalue weighted by Crippen LogP contribution is -2.62. The van der Waals surface area contributed by atoms with Crippen LogP contribution in [0.25, 0.3) is 0 Å². The molecule has 0 bridgehead atoms. The summed E-state index contributed by atoms with van der Waals surface area (Å²) in [6, 6.07) is 5.23. The number of hydrogen-bond donors (Lipinski definition) is 1. The third kappa shape index (κ3) is 4.16. The van der Waals surface area contributed by atoms with E-state index in [2.05, 4.69) is 19.2 Å². The summed E-state index contributed by atoms with van der Waals surface area (Å²) in [6.07, 6.45) is 9.09. The minimum atomic E-state index is -0.501. The second kappa shape index (κ2) is 9.02. The molecule has 204 valence electrons. The molecule has 8 nitrogen and oxygen atoms in total. The van der Waals surface area contributed by atoms with Crippen molar-refractivity contribution >= 4 is 23.4 Å². The van der Waals surface area contributed by atoms with E-state index in [1.807, 2.05) is 26.8 Å². The van der Waals surface area contributed by atoms with E-state index in [9.17, 15) is 24.5 Å². The smallest absolute Gasteiger partial charge is 0.269 e. The number of nitro groups is 1. The van der Waals surface area contributed by atoms with Crippen LogP contribution < -0.4 is 5.32 Å². The molecular formula is C30H39N3O5. The molecule has 3 amide bonds. The summed E-state index contributed by atoms with van der Waals surface area (Å²) in [4.78, 5) is 51.9. The molecule has 3 aliphatic carbocycles. The zero-order valence-corrected chi connectivity index (χ0v) is 23.0. The van der Waals surface area contributed by atoms with Gasteiger partial charge in [-0.3, -0.25) is 29.4 Å². The second-order valence-electron chi connectivity index (χ2n) is 13.4. The molecule has 8 heteroatoms. The molecule has 38 heavy (non-hydrogen) atoms. The summed E-state index contributed by atoms with van der Waals surface area (Å²) in [5.41, 5.74) is -0.452.